The fraction of sp³-hybridized carbons (Fsp3) is 0.500. The average molecular weight is 380 g/mol. The molecule has 3 heterocycles. The number of nitrogens with one attached hydrogen (secondary N) is 1. The van der Waals surface area contributed by atoms with Gasteiger partial charge in [0.1, 0.15) is 12.2 Å². The van der Waals surface area contributed by atoms with Gasteiger partial charge in [-0.05, 0) is 50.0 Å². The van der Waals surface area contributed by atoms with E-state index in [1.807, 2.05) is 6.20 Å². The van der Waals surface area contributed by atoms with Gasteiger partial charge in [0.05, 0.1) is 18.5 Å². The summed E-state index contributed by atoms with van der Waals surface area (Å²) in [5, 5.41) is 8.40. The molecule has 0 aliphatic heterocycles. The maximum absolute atomic E-state index is 11.6. The van der Waals surface area contributed by atoms with Gasteiger partial charge < -0.3 is 14.6 Å². The molecule has 8 nitrogen and oxygen atoms in total. The fourth-order valence-electron chi connectivity index (χ4n) is 4.43. The first-order valence-electron chi connectivity index (χ1n) is 9.95. The van der Waals surface area contributed by atoms with E-state index in [0.29, 0.717) is 12.6 Å². The number of nitrogens with zero attached hydrogens (tertiary/aromatic N) is 5. The van der Waals surface area contributed by atoms with Crippen LogP contribution in [0.15, 0.2) is 30.9 Å². The Kier molecular flexibility index (Phi) is 4.26. The number of carbonyl (C=O) groups is 1. The third kappa shape index (κ3) is 3.46. The van der Waals surface area contributed by atoms with Gasteiger partial charge in [-0.3, -0.25) is 9.48 Å². The van der Waals surface area contributed by atoms with Crippen molar-refractivity contribution in [3.05, 3.63) is 30.9 Å². The van der Waals surface area contributed by atoms with E-state index in [2.05, 4.69) is 32.2 Å². The lowest BCUT2D eigenvalue weighted by molar-refractivity contribution is -0.144. The number of hydrogen-bond acceptors (Lipinski definition) is 6. The molecule has 28 heavy (non-hydrogen) atoms. The summed E-state index contributed by atoms with van der Waals surface area (Å²) in [4.78, 5) is 20.7. The molecule has 2 aliphatic rings. The van der Waals surface area contributed by atoms with Gasteiger partial charge in [0.2, 0.25) is 5.95 Å². The predicted molar refractivity (Wildman–Crippen MR) is 104 cm³/mol. The number of carbonyl (C=O) groups excluding carboxylic acids is 1. The van der Waals surface area contributed by atoms with Crippen LogP contribution in [-0.4, -0.2) is 36.9 Å². The van der Waals surface area contributed by atoms with E-state index in [9.17, 15) is 4.79 Å². The number of ether oxygens (including phenoxy) is 1. The van der Waals surface area contributed by atoms with Crippen LogP contribution in [0.25, 0.3) is 11.0 Å². The third-order valence-corrected chi connectivity index (χ3v) is 5.78. The Morgan fingerprint density at radius 3 is 2.96 bits per heavy atom. The molecule has 2 aliphatic carbocycles. The Balaban J connectivity index is 1.29. The first-order valence-corrected chi connectivity index (χ1v) is 9.95. The van der Waals surface area contributed by atoms with Crippen molar-refractivity contribution < 1.29 is 9.53 Å². The smallest absolute Gasteiger partial charge is 0.327 e. The predicted octanol–water partition coefficient (Wildman–Crippen LogP) is 2.98. The number of fused-ring (bicyclic) bond motifs is 2. The molecule has 0 bridgehead atoms. The highest BCUT2D eigenvalue weighted by Crippen LogP contribution is 2.54. The molecule has 146 valence electrons. The van der Waals surface area contributed by atoms with Crippen molar-refractivity contribution in [2.75, 3.05) is 11.9 Å². The van der Waals surface area contributed by atoms with E-state index in [1.54, 1.807) is 19.3 Å². The van der Waals surface area contributed by atoms with E-state index >= 15 is 0 Å². The fourth-order valence-corrected chi connectivity index (χ4v) is 4.43. The summed E-state index contributed by atoms with van der Waals surface area (Å²) < 4.78 is 8.73. The molecular formula is C20H24N6O2. The topological polar surface area (TPSA) is 86.9 Å². The third-order valence-electron chi connectivity index (χ3n) is 5.78. The minimum absolute atomic E-state index is 0.0850. The molecule has 2 saturated carbocycles. The Labute approximate surface area is 162 Å². The summed E-state index contributed by atoms with van der Waals surface area (Å²) in [7, 11) is 0. The van der Waals surface area contributed by atoms with Crippen molar-refractivity contribution in [1.29, 1.82) is 0 Å². The number of anilines is 2. The molecule has 3 aromatic rings. The standard InChI is InChI=1S/C20H24N6O2/c1-2-28-18(27)12-26-11-17(9-22-26)23-20-21-8-14-3-4-25(19(14)24-20)10-13-5-15-7-16(15)6-13/h3-4,8-9,11,13,15-16H,2,5-7,10,12H2,1H3,(H,21,23,24)/t13-,15+,16-. The van der Waals surface area contributed by atoms with Gasteiger partial charge in [-0.1, -0.05) is 0 Å². The molecule has 5 rings (SSSR count). The Morgan fingerprint density at radius 2 is 2.14 bits per heavy atom. The van der Waals surface area contributed by atoms with Crippen LogP contribution in [0.3, 0.4) is 0 Å². The maximum Gasteiger partial charge on any atom is 0.327 e. The molecule has 8 heteroatoms. The summed E-state index contributed by atoms with van der Waals surface area (Å²) in [5.41, 5.74) is 1.69. The summed E-state index contributed by atoms with van der Waals surface area (Å²) in [6.45, 7) is 3.26. The second kappa shape index (κ2) is 6.92. The first-order chi connectivity index (χ1) is 13.7. The highest BCUT2D eigenvalue weighted by molar-refractivity contribution is 5.76. The Morgan fingerprint density at radius 1 is 1.29 bits per heavy atom. The SMILES string of the molecule is CCOC(=O)Cn1cc(Nc2ncc3ccn(C[C@H]4C[C@@H]5C[C@@H]5C4)c3n2)cn1. The number of rotatable bonds is 7. The van der Waals surface area contributed by atoms with Crippen LogP contribution in [0.2, 0.25) is 0 Å². The molecule has 3 atom stereocenters. The highest BCUT2D eigenvalue weighted by atomic mass is 16.5. The van der Waals surface area contributed by atoms with E-state index in [1.165, 1.54) is 23.9 Å². The van der Waals surface area contributed by atoms with E-state index in [0.717, 1.165) is 41.0 Å². The van der Waals surface area contributed by atoms with E-state index in [-0.39, 0.29) is 12.5 Å². The number of esters is 1. The normalized spacial score (nSPS) is 23.0. The van der Waals surface area contributed by atoms with Gasteiger partial charge in [-0.25, -0.2) is 4.98 Å². The number of hydrogen-bond donors (Lipinski definition) is 1. The quantitative estimate of drug-likeness (QED) is 0.634. The van der Waals surface area contributed by atoms with Crippen molar-refractivity contribution in [3.63, 3.8) is 0 Å². The van der Waals surface area contributed by atoms with Crippen LogP contribution in [0.4, 0.5) is 11.6 Å². The van der Waals surface area contributed by atoms with Crippen LogP contribution < -0.4 is 5.32 Å². The van der Waals surface area contributed by atoms with Gasteiger partial charge >= 0.3 is 5.97 Å². The van der Waals surface area contributed by atoms with Crippen LogP contribution in [0.5, 0.6) is 0 Å². The average Bonchev–Trinajstić information content (AvgIpc) is 3.02. The van der Waals surface area contributed by atoms with Crippen molar-refractivity contribution in [1.82, 2.24) is 24.3 Å². The molecular weight excluding hydrogens is 356 g/mol. The maximum atomic E-state index is 11.6. The van der Waals surface area contributed by atoms with Gasteiger partial charge in [-0.15, -0.1) is 0 Å². The molecule has 0 saturated heterocycles. The molecule has 3 aromatic heterocycles. The van der Waals surface area contributed by atoms with Crippen LogP contribution >= 0.6 is 0 Å². The summed E-state index contributed by atoms with van der Waals surface area (Å²) in [6.07, 6.45) is 11.5. The van der Waals surface area contributed by atoms with E-state index in [4.69, 9.17) is 9.72 Å². The molecule has 0 aromatic carbocycles. The Bertz CT molecular complexity index is 999. The molecule has 0 spiro atoms. The summed E-state index contributed by atoms with van der Waals surface area (Å²) >= 11 is 0. The monoisotopic (exact) mass is 380 g/mol. The molecule has 0 radical (unpaired) electrons. The van der Waals surface area contributed by atoms with Crippen LogP contribution in [0.1, 0.15) is 26.2 Å². The van der Waals surface area contributed by atoms with Crippen molar-refractivity contribution in [2.24, 2.45) is 17.8 Å². The molecule has 2 fully saturated rings. The van der Waals surface area contributed by atoms with E-state index < -0.39 is 0 Å². The van der Waals surface area contributed by atoms with Gasteiger partial charge in [-0.2, -0.15) is 10.1 Å². The van der Waals surface area contributed by atoms with Gasteiger partial charge in [0, 0.05) is 30.5 Å². The zero-order valence-corrected chi connectivity index (χ0v) is 15.9. The Hall–Kier alpha value is -2.90. The lowest BCUT2D eigenvalue weighted by Crippen LogP contribution is -2.13. The second-order valence-electron chi connectivity index (χ2n) is 7.89. The molecule has 0 unspecified atom stereocenters. The molecule has 1 N–H and O–H groups in total. The summed E-state index contributed by atoms with van der Waals surface area (Å²) in [6, 6.07) is 2.08. The van der Waals surface area contributed by atoms with Crippen LogP contribution in [-0.2, 0) is 22.6 Å². The van der Waals surface area contributed by atoms with Crippen molar-refractivity contribution >= 4 is 28.6 Å². The minimum atomic E-state index is -0.308. The lowest BCUT2D eigenvalue weighted by atomic mass is 10.0. The minimum Gasteiger partial charge on any atom is -0.465 e. The highest BCUT2D eigenvalue weighted by Gasteiger charge is 2.45. The lowest BCUT2D eigenvalue weighted by Gasteiger charge is -2.13. The van der Waals surface area contributed by atoms with Crippen molar-refractivity contribution in [2.45, 2.75) is 39.3 Å². The van der Waals surface area contributed by atoms with Gasteiger partial charge in [0.15, 0.2) is 0 Å². The van der Waals surface area contributed by atoms with Gasteiger partial charge in [0.25, 0.3) is 0 Å². The number of aromatic nitrogens is 5. The second-order valence-corrected chi connectivity index (χ2v) is 7.89. The zero-order chi connectivity index (χ0) is 19.1. The zero-order valence-electron chi connectivity index (χ0n) is 15.9. The molecule has 0 amide bonds. The first kappa shape index (κ1) is 17.2. The largest absolute Gasteiger partial charge is 0.465 e. The van der Waals surface area contributed by atoms with Crippen LogP contribution in [0, 0.1) is 17.8 Å². The summed E-state index contributed by atoms with van der Waals surface area (Å²) in [5.74, 6) is 2.97. The van der Waals surface area contributed by atoms with Crippen molar-refractivity contribution in [3.8, 4) is 0 Å².